The van der Waals surface area contributed by atoms with Crippen LogP contribution in [-0.4, -0.2) is 29.8 Å². The average Bonchev–Trinajstić information content (AvgIpc) is 2.15. The Kier molecular flexibility index (Phi) is 5.55. The minimum Gasteiger partial charge on any atom is -0.478 e. The number of carboxylic acid groups (broad SMARTS) is 1. The first kappa shape index (κ1) is 12.6. The summed E-state index contributed by atoms with van der Waals surface area (Å²) in [4.78, 5) is 21.8. The van der Waals surface area contributed by atoms with Crippen LogP contribution in [0.5, 0.6) is 0 Å². The number of ether oxygens (including phenoxy) is 1. The van der Waals surface area contributed by atoms with Gasteiger partial charge in [0, 0.05) is 12.2 Å². The van der Waals surface area contributed by atoms with Crippen LogP contribution in [0.4, 0.5) is 0 Å². The SMILES string of the molecule is C=C(CC)C(=O)NC(OCC)C(=O)O. The summed E-state index contributed by atoms with van der Waals surface area (Å²) in [5.74, 6) is -1.71. The molecule has 0 heterocycles. The Morgan fingerprint density at radius 1 is 1.50 bits per heavy atom. The second-order valence-electron chi connectivity index (χ2n) is 2.60. The minimum atomic E-state index is -1.30. The predicted molar refractivity (Wildman–Crippen MR) is 50.6 cm³/mol. The number of hydrogen-bond acceptors (Lipinski definition) is 3. The first-order valence-electron chi connectivity index (χ1n) is 4.35. The van der Waals surface area contributed by atoms with Gasteiger partial charge in [0.05, 0.1) is 0 Å². The van der Waals surface area contributed by atoms with Crippen LogP contribution >= 0.6 is 0 Å². The van der Waals surface area contributed by atoms with Crippen molar-refractivity contribution in [1.82, 2.24) is 5.32 Å². The highest BCUT2D eigenvalue weighted by Gasteiger charge is 2.20. The average molecular weight is 201 g/mol. The maximum absolute atomic E-state index is 11.2. The zero-order chi connectivity index (χ0) is 11.1. The highest BCUT2D eigenvalue weighted by molar-refractivity contribution is 5.94. The molecule has 0 aromatic heterocycles. The molecule has 0 aromatic rings. The molecule has 0 bridgehead atoms. The van der Waals surface area contributed by atoms with E-state index in [1.807, 2.05) is 0 Å². The van der Waals surface area contributed by atoms with Crippen molar-refractivity contribution in [3.05, 3.63) is 12.2 Å². The number of carboxylic acids is 1. The molecule has 0 saturated heterocycles. The van der Waals surface area contributed by atoms with Crippen LogP contribution in [-0.2, 0) is 14.3 Å². The lowest BCUT2D eigenvalue weighted by Gasteiger charge is -2.14. The lowest BCUT2D eigenvalue weighted by molar-refractivity contribution is -0.154. The van der Waals surface area contributed by atoms with Gasteiger partial charge in [-0.3, -0.25) is 4.79 Å². The Balaban J connectivity index is 4.23. The fourth-order valence-electron chi connectivity index (χ4n) is 0.723. The third kappa shape index (κ3) is 4.04. The van der Waals surface area contributed by atoms with Gasteiger partial charge in [0.15, 0.2) is 0 Å². The van der Waals surface area contributed by atoms with E-state index >= 15 is 0 Å². The molecule has 0 spiro atoms. The fraction of sp³-hybridized carbons (Fsp3) is 0.556. The molecule has 14 heavy (non-hydrogen) atoms. The number of carbonyl (C=O) groups excluding carboxylic acids is 1. The molecular weight excluding hydrogens is 186 g/mol. The van der Waals surface area contributed by atoms with E-state index in [1.54, 1.807) is 13.8 Å². The second-order valence-corrected chi connectivity index (χ2v) is 2.60. The lowest BCUT2D eigenvalue weighted by atomic mass is 10.2. The van der Waals surface area contributed by atoms with Crippen LogP contribution in [0.2, 0.25) is 0 Å². The Bertz CT molecular complexity index is 237. The smallest absolute Gasteiger partial charge is 0.354 e. The van der Waals surface area contributed by atoms with E-state index in [0.717, 1.165) is 0 Å². The number of rotatable bonds is 6. The largest absolute Gasteiger partial charge is 0.478 e. The third-order valence-electron chi connectivity index (χ3n) is 1.57. The van der Waals surface area contributed by atoms with Crippen LogP contribution in [0.3, 0.4) is 0 Å². The van der Waals surface area contributed by atoms with Crippen LogP contribution in [0.15, 0.2) is 12.2 Å². The van der Waals surface area contributed by atoms with E-state index in [2.05, 4.69) is 11.9 Å². The molecule has 1 atom stereocenters. The first-order valence-corrected chi connectivity index (χ1v) is 4.35. The van der Waals surface area contributed by atoms with E-state index in [0.29, 0.717) is 12.0 Å². The maximum Gasteiger partial charge on any atom is 0.354 e. The van der Waals surface area contributed by atoms with Gasteiger partial charge in [-0.25, -0.2) is 4.79 Å². The molecule has 2 N–H and O–H groups in total. The number of hydrogen-bond donors (Lipinski definition) is 2. The Morgan fingerprint density at radius 3 is 2.43 bits per heavy atom. The molecule has 0 rings (SSSR count). The van der Waals surface area contributed by atoms with Crippen molar-refractivity contribution in [2.75, 3.05) is 6.61 Å². The quantitative estimate of drug-likeness (QED) is 0.485. The Morgan fingerprint density at radius 2 is 2.07 bits per heavy atom. The van der Waals surface area contributed by atoms with Crippen molar-refractivity contribution < 1.29 is 19.4 Å². The van der Waals surface area contributed by atoms with Gasteiger partial charge in [-0.05, 0) is 13.3 Å². The monoisotopic (exact) mass is 201 g/mol. The summed E-state index contributed by atoms with van der Waals surface area (Å²) >= 11 is 0. The molecule has 0 aliphatic rings. The topological polar surface area (TPSA) is 75.6 Å². The first-order chi connectivity index (χ1) is 6.52. The molecule has 0 aliphatic heterocycles. The van der Waals surface area contributed by atoms with Crippen molar-refractivity contribution in [1.29, 1.82) is 0 Å². The van der Waals surface area contributed by atoms with Gasteiger partial charge in [-0.15, -0.1) is 0 Å². The van der Waals surface area contributed by atoms with E-state index in [-0.39, 0.29) is 6.61 Å². The van der Waals surface area contributed by atoms with Crippen LogP contribution in [0.1, 0.15) is 20.3 Å². The molecule has 1 unspecified atom stereocenters. The number of nitrogens with one attached hydrogen (secondary N) is 1. The lowest BCUT2D eigenvalue weighted by Crippen LogP contribution is -2.43. The zero-order valence-corrected chi connectivity index (χ0v) is 8.37. The van der Waals surface area contributed by atoms with Crippen LogP contribution in [0.25, 0.3) is 0 Å². The predicted octanol–water partition coefficient (Wildman–Crippen LogP) is 0.516. The van der Waals surface area contributed by atoms with E-state index < -0.39 is 18.1 Å². The summed E-state index contributed by atoms with van der Waals surface area (Å²) in [5.41, 5.74) is 0.330. The van der Waals surface area contributed by atoms with Crippen molar-refractivity contribution in [3.8, 4) is 0 Å². The van der Waals surface area contributed by atoms with Gasteiger partial charge in [0.25, 0.3) is 0 Å². The number of amides is 1. The van der Waals surface area contributed by atoms with Gasteiger partial charge >= 0.3 is 5.97 Å². The highest BCUT2D eigenvalue weighted by Crippen LogP contribution is 1.97. The van der Waals surface area contributed by atoms with Crippen molar-refractivity contribution in [2.45, 2.75) is 26.5 Å². The van der Waals surface area contributed by atoms with Gasteiger partial charge < -0.3 is 15.2 Å². The molecule has 0 radical (unpaired) electrons. The zero-order valence-electron chi connectivity index (χ0n) is 8.37. The second kappa shape index (κ2) is 6.15. The van der Waals surface area contributed by atoms with Crippen molar-refractivity contribution in [3.63, 3.8) is 0 Å². The maximum atomic E-state index is 11.2. The number of aliphatic carboxylic acids is 1. The van der Waals surface area contributed by atoms with E-state index in [4.69, 9.17) is 9.84 Å². The molecule has 0 aliphatic carbocycles. The van der Waals surface area contributed by atoms with Gasteiger partial charge in [0.2, 0.25) is 12.1 Å². The van der Waals surface area contributed by atoms with E-state index in [9.17, 15) is 9.59 Å². The Labute approximate surface area is 82.7 Å². The molecule has 0 saturated carbocycles. The molecule has 5 heteroatoms. The molecule has 5 nitrogen and oxygen atoms in total. The van der Waals surface area contributed by atoms with Gasteiger partial charge in [0.1, 0.15) is 0 Å². The standard InChI is InChI=1S/C9H15NO4/c1-4-6(3)7(11)10-8(9(12)13)14-5-2/h8H,3-5H2,1-2H3,(H,10,11)(H,12,13). The third-order valence-corrected chi connectivity index (χ3v) is 1.57. The summed E-state index contributed by atoms with van der Waals surface area (Å²) in [6, 6.07) is 0. The molecule has 1 amide bonds. The van der Waals surface area contributed by atoms with Gasteiger partial charge in [-0.2, -0.15) is 0 Å². The molecule has 80 valence electrons. The molecule has 0 fully saturated rings. The molecule has 0 aromatic carbocycles. The summed E-state index contributed by atoms with van der Waals surface area (Å²) in [6.45, 7) is 7.12. The van der Waals surface area contributed by atoms with Crippen molar-refractivity contribution in [2.24, 2.45) is 0 Å². The Hall–Kier alpha value is -1.36. The summed E-state index contributed by atoms with van der Waals surface area (Å²) in [7, 11) is 0. The minimum absolute atomic E-state index is 0.218. The summed E-state index contributed by atoms with van der Waals surface area (Å²) < 4.78 is 4.80. The van der Waals surface area contributed by atoms with Gasteiger partial charge in [-0.1, -0.05) is 13.5 Å². The van der Waals surface area contributed by atoms with E-state index in [1.165, 1.54) is 0 Å². The number of carbonyl (C=O) groups is 2. The normalized spacial score (nSPS) is 11.9. The van der Waals surface area contributed by atoms with Crippen LogP contribution < -0.4 is 5.32 Å². The molecular formula is C9H15NO4. The fourth-order valence-corrected chi connectivity index (χ4v) is 0.723. The van der Waals surface area contributed by atoms with Crippen molar-refractivity contribution >= 4 is 11.9 Å². The highest BCUT2D eigenvalue weighted by atomic mass is 16.5. The van der Waals surface area contributed by atoms with Crippen LogP contribution in [0, 0.1) is 0 Å². The summed E-state index contributed by atoms with van der Waals surface area (Å²) in [5, 5.41) is 10.8. The summed E-state index contributed by atoms with van der Waals surface area (Å²) in [6.07, 6.45) is -0.819.